The maximum absolute atomic E-state index is 12.6. The van der Waals surface area contributed by atoms with Gasteiger partial charge in [-0.15, -0.1) is 0 Å². The molecule has 2 atom stereocenters. The van der Waals surface area contributed by atoms with E-state index in [1.54, 1.807) is 6.07 Å². The monoisotopic (exact) mass is 323 g/mol. The molecule has 0 fully saturated rings. The van der Waals surface area contributed by atoms with E-state index in [0.717, 1.165) is 28.9 Å². The lowest BCUT2D eigenvalue weighted by Gasteiger charge is -2.14. The van der Waals surface area contributed by atoms with Crippen LogP contribution >= 0.6 is 0 Å². The van der Waals surface area contributed by atoms with Crippen LogP contribution in [0.1, 0.15) is 45.4 Å². The number of rotatable bonds is 3. The summed E-state index contributed by atoms with van der Waals surface area (Å²) in [5.74, 6) is -0.770. The van der Waals surface area contributed by atoms with Crippen LogP contribution in [0.3, 0.4) is 0 Å². The van der Waals surface area contributed by atoms with E-state index < -0.39 is 11.9 Å². The van der Waals surface area contributed by atoms with E-state index in [1.165, 1.54) is 0 Å². The van der Waals surface area contributed by atoms with E-state index in [2.05, 4.69) is 5.32 Å². The highest BCUT2D eigenvalue weighted by Crippen LogP contribution is 2.40. The Balaban J connectivity index is 1.57. The summed E-state index contributed by atoms with van der Waals surface area (Å²) < 4.78 is 5.46. The van der Waals surface area contributed by atoms with Crippen LogP contribution in [-0.2, 0) is 11.2 Å². The molecule has 2 aromatic carbocycles. The van der Waals surface area contributed by atoms with Gasteiger partial charge in [-0.1, -0.05) is 24.3 Å². The summed E-state index contributed by atoms with van der Waals surface area (Å²) in [5, 5.41) is 12.4. The first-order valence-corrected chi connectivity index (χ1v) is 8.01. The minimum atomic E-state index is -0.853. The first-order chi connectivity index (χ1) is 11.6. The summed E-state index contributed by atoms with van der Waals surface area (Å²) in [6.45, 7) is 0.650. The second-order valence-electron chi connectivity index (χ2n) is 6.20. The third kappa shape index (κ3) is 2.42. The lowest BCUT2D eigenvalue weighted by molar-refractivity contribution is -0.138. The number of carbonyl (C=O) groups is 2. The van der Waals surface area contributed by atoms with E-state index in [-0.39, 0.29) is 11.9 Å². The molecule has 4 rings (SSSR count). The summed E-state index contributed by atoms with van der Waals surface area (Å²) in [7, 11) is 0. The van der Waals surface area contributed by atoms with Crippen LogP contribution in [0.25, 0.3) is 0 Å². The average Bonchev–Trinajstić information content (AvgIpc) is 3.19. The number of carboxylic acid groups (broad SMARTS) is 1. The smallest absolute Gasteiger partial charge is 0.311 e. The van der Waals surface area contributed by atoms with Gasteiger partial charge in [-0.2, -0.15) is 0 Å². The quantitative estimate of drug-likeness (QED) is 0.910. The number of hydrogen-bond donors (Lipinski definition) is 2. The molecule has 5 nitrogen and oxygen atoms in total. The Labute approximate surface area is 139 Å². The Kier molecular flexibility index (Phi) is 3.49. The topological polar surface area (TPSA) is 75.6 Å². The number of ether oxygens (including phenoxy) is 1. The fourth-order valence-electron chi connectivity index (χ4n) is 3.58. The molecule has 1 amide bonds. The molecular formula is C19H17NO4. The van der Waals surface area contributed by atoms with E-state index in [0.29, 0.717) is 18.6 Å². The Bertz CT molecular complexity index is 830. The molecular weight excluding hydrogens is 306 g/mol. The third-order valence-electron chi connectivity index (χ3n) is 4.77. The van der Waals surface area contributed by atoms with Crippen LogP contribution in [0.4, 0.5) is 0 Å². The van der Waals surface area contributed by atoms with Crippen LogP contribution in [-0.4, -0.2) is 23.6 Å². The molecule has 2 aliphatic rings. The third-order valence-corrected chi connectivity index (χ3v) is 4.77. The summed E-state index contributed by atoms with van der Waals surface area (Å²) in [6.07, 6.45) is 1.19. The fourth-order valence-corrected chi connectivity index (χ4v) is 3.58. The summed E-state index contributed by atoms with van der Waals surface area (Å²) in [6, 6.07) is 12.6. The molecule has 122 valence electrons. The summed E-state index contributed by atoms with van der Waals surface area (Å²) in [5.41, 5.74) is 3.30. The Morgan fingerprint density at radius 3 is 2.71 bits per heavy atom. The van der Waals surface area contributed by atoms with Crippen molar-refractivity contribution in [1.29, 1.82) is 0 Å². The number of nitrogens with one attached hydrogen (secondary N) is 1. The molecule has 24 heavy (non-hydrogen) atoms. The van der Waals surface area contributed by atoms with Gasteiger partial charge in [0.15, 0.2) is 0 Å². The molecule has 5 heteroatoms. The Hall–Kier alpha value is -2.82. The molecule has 0 aromatic heterocycles. The maximum Gasteiger partial charge on any atom is 0.311 e. The number of carboxylic acids is 1. The Morgan fingerprint density at radius 1 is 1.12 bits per heavy atom. The Morgan fingerprint density at radius 2 is 1.92 bits per heavy atom. The molecule has 0 spiro atoms. The molecule has 1 heterocycles. The average molecular weight is 323 g/mol. The van der Waals surface area contributed by atoms with Gasteiger partial charge in [0.25, 0.3) is 5.91 Å². The number of fused-ring (bicyclic) bond motifs is 2. The van der Waals surface area contributed by atoms with Gasteiger partial charge in [-0.05, 0) is 41.3 Å². The fraction of sp³-hybridized carbons (Fsp3) is 0.263. The molecule has 0 radical (unpaired) electrons. The molecule has 2 aromatic rings. The molecule has 0 saturated carbocycles. The highest BCUT2D eigenvalue weighted by atomic mass is 16.5. The van der Waals surface area contributed by atoms with E-state index in [9.17, 15) is 14.7 Å². The van der Waals surface area contributed by atoms with Gasteiger partial charge in [0.1, 0.15) is 5.75 Å². The van der Waals surface area contributed by atoms with E-state index >= 15 is 0 Å². The van der Waals surface area contributed by atoms with Crippen molar-refractivity contribution in [1.82, 2.24) is 5.32 Å². The zero-order valence-corrected chi connectivity index (χ0v) is 13.0. The van der Waals surface area contributed by atoms with Gasteiger partial charge in [0, 0.05) is 12.0 Å². The maximum atomic E-state index is 12.6. The minimum absolute atomic E-state index is 0.185. The second-order valence-corrected chi connectivity index (χ2v) is 6.20. The van der Waals surface area contributed by atoms with Crippen molar-refractivity contribution < 1.29 is 19.4 Å². The summed E-state index contributed by atoms with van der Waals surface area (Å²) in [4.78, 5) is 24.1. The zero-order chi connectivity index (χ0) is 16.7. The SMILES string of the molecule is O=C(NC1CC(C(=O)O)c2ccccc21)c1ccc2c(c1)CCO2. The predicted octanol–water partition coefficient (Wildman–Crippen LogP) is 2.66. The predicted molar refractivity (Wildman–Crippen MR) is 87.3 cm³/mol. The zero-order valence-electron chi connectivity index (χ0n) is 13.0. The van der Waals surface area contributed by atoms with Crippen LogP contribution in [0, 0.1) is 0 Å². The van der Waals surface area contributed by atoms with Crippen molar-refractivity contribution in [3.05, 3.63) is 64.7 Å². The van der Waals surface area contributed by atoms with Gasteiger partial charge < -0.3 is 15.2 Å². The van der Waals surface area contributed by atoms with Gasteiger partial charge in [0.2, 0.25) is 0 Å². The van der Waals surface area contributed by atoms with Crippen LogP contribution in [0.5, 0.6) is 5.75 Å². The van der Waals surface area contributed by atoms with Crippen LogP contribution in [0.15, 0.2) is 42.5 Å². The van der Waals surface area contributed by atoms with E-state index in [1.807, 2.05) is 36.4 Å². The van der Waals surface area contributed by atoms with Gasteiger partial charge in [-0.3, -0.25) is 9.59 Å². The highest BCUT2D eigenvalue weighted by Gasteiger charge is 2.36. The van der Waals surface area contributed by atoms with Gasteiger partial charge in [-0.25, -0.2) is 0 Å². The lowest BCUT2D eigenvalue weighted by atomic mass is 10.0. The molecule has 2 unspecified atom stereocenters. The first kappa shape index (κ1) is 14.8. The van der Waals surface area contributed by atoms with Crippen molar-refractivity contribution in [2.24, 2.45) is 0 Å². The van der Waals surface area contributed by atoms with Crippen molar-refractivity contribution in [2.45, 2.75) is 24.8 Å². The van der Waals surface area contributed by atoms with Gasteiger partial charge in [0.05, 0.1) is 18.6 Å². The highest BCUT2D eigenvalue weighted by molar-refractivity contribution is 5.95. The minimum Gasteiger partial charge on any atom is -0.493 e. The van der Waals surface area contributed by atoms with Crippen molar-refractivity contribution in [2.75, 3.05) is 6.61 Å². The van der Waals surface area contributed by atoms with Gasteiger partial charge >= 0.3 is 5.97 Å². The number of benzene rings is 2. The second kappa shape index (κ2) is 5.67. The van der Waals surface area contributed by atoms with Crippen molar-refractivity contribution >= 4 is 11.9 Å². The lowest BCUT2D eigenvalue weighted by Crippen LogP contribution is -2.27. The summed E-state index contributed by atoms with van der Waals surface area (Å²) >= 11 is 0. The molecule has 1 aliphatic carbocycles. The number of carbonyl (C=O) groups excluding carboxylic acids is 1. The van der Waals surface area contributed by atoms with Crippen molar-refractivity contribution in [3.8, 4) is 5.75 Å². The number of aliphatic carboxylic acids is 1. The standard InChI is InChI=1S/C19H17NO4/c21-18(12-5-6-17-11(9-12)7-8-24-17)20-16-10-15(19(22)23)13-3-1-2-4-14(13)16/h1-6,9,15-16H,7-8,10H2,(H,20,21)(H,22,23). The van der Waals surface area contributed by atoms with Crippen molar-refractivity contribution in [3.63, 3.8) is 0 Å². The normalized spacial score (nSPS) is 20.8. The first-order valence-electron chi connectivity index (χ1n) is 8.01. The van der Waals surface area contributed by atoms with Crippen LogP contribution < -0.4 is 10.1 Å². The number of amides is 1. The van der Waals surface area contributed by atoms with Crippen LogP contribution in [0.2, 0.25) is 0 Å². The molecule has 2 N–H and O–H groups in total. The molecule has 1 aliphatic heterocycles. The van der Waals surface area contributed by atoms with E-state index in [4.69, 9.17) is 4.74 Å². The molecule has 0 bridgehead atoms. The molecule has 0 saturated heterocycles. The number of hydrogen-bond acceptors (Lipinski definition) is 3. The largest absolute Gasteiger partial charge is 0.493 e.